The third kappa shape index (κ3) is 3.23. The molecule has 1 heterocycles. The van der Waals surface area contributed by atoms with E-state index in [1.54, 1.807) is 7.11 Å². The van der Waals surface area contributed by atoms with E-state index in [2.05, 4.69) is 28.7 Å². The summed E-state index contributed by atoms with van der Waals surface area (Å²) in [4.78, 5) is 4.27. The van der Waals surface area contributed by atoms with Crippen LogP contribution in [0.4, 0.5) is 5.95 Å². The molecule has 0 bridgehead atoms. The van der Waals surface area contributed by atoms with E-state index in [4.69, 9.17) is 4.74 Å². The van der Waals surface area contributed by atoms with Gasteiger partial charge in [-0.25, -0.2) is 4.98 Å². The highest BCUT2D eigenvalue weighted by molar-refractivity contribution is 5.27. The largest absolute Gasteiger partial charge is 0.377 e. The number of methoxy groups -OCH3 is 1. The van der Waals surface area contributed by atoms with Crippen LogP contribution in [0, 0.1) is 0 Å². The average molecular weight is 211 g/mol. The van der Waals surface area contributed by atoms with E-state index in [9.17, 15) is 0 Å². The molecule has 0 aliphatic heterocycles. The Morgan fingerprint density at radius 3 is 2.73 bits per heavy atom. The molecule has 1 N–H and O–H groups in total. The highest BCUT2D eigenvalue weighted by atomic mass is 16.5. The first-order valence-electron chi connectivity index (χ1n) is 5.28. The Labute approximate surface area is 91.7 Å². The minimum absolute atomic E-state index is 0.173. The number of anilines is 1. The zero-order valence-corrected chi connectivity index (χ0v) is 10.2. The van der Waals surface area contributed by atoms with Gasteiger partial charge in [0.15, 0.2) is 0 Å². The summed E-state index contributed by atoms with van der Waals surface area (Å²) in [5.74, 6) is 0.898. The van der Waals surface area contributed by atoms with E-state index < -0.39 is 0 Å². The second kappa shape index (κ2) is 4.66. The Bertz CT molecular complexity index is 305. The molecule has 15 heavy (non-hydrogen) atoms. The average Bonchev–Trinajstić information content (AvgIpc) is 2.63. The van der Waals surface area contributed by atoms with Crippen molar-refractivity contribution in [2.24, 2.45) is 0 Å². The van der Waals surface area contributed by atoms with Crippen LogP contribution in [-0.4, -0.2) is 28.8 Å². The van der Waals surface area contributed by atoms with Gasteiger partial charge in [0, 0.05) is 32.1 Å². The molecule has 0 radical (unpaired) electrons. The minimum atomic E-state index is -0.173. The van der Waals surface area contributed by atoms with Crippen LogP contribution in [-0.2, 0) is 4.74 Å². The number of ether oxygens (including phenoxy) is 1. The maximum absolute atomic E-state index is 5.34. The molecule has 0 unspecified atom stereocenters. The van der Waals surface area contributed by atoms with Crippen LogP contribution in [0.1, 0.15) is 33.7 Å². The monoisotopic (exact) mass is 211 g/mol. The van der Waals surface area contributed by atoms with Gasteiger partial charge in [0.2, 0.25) is 5.95 Å². The maximum atomic E-state index is 5.34. The van der Waals surface area contributed by atoms with E-state index in [1.165, 1.54) is 0 Å². The molecule has 0 saturated heterocycles. The SMILES string of the molecule is COC(C)(C)CNc1nccn1C(C)C. The summed E-state index contributed by atoms with van der Waals surface area (Å²) in [5.41, 5.74) is -0.173. The van der Waals surface area contributed by atoms with Crippen LogP contribution < -0.4 is 5.32 Å². The summed E-state index contributed by atoms with van der Waals surface area (Å²) >= 11 is 0. The van der Waals surface area contributed by atoms with E-state index >= 15 is 0 Å². The lowest BCUT2D eigenvalue weighted by Crippen LogP contribution is -2.32. The fraction of sp³-hybridized carbons (Fsp3) is 0.727. The predicted molar refractivity (Wildman–Crippen MR) is 62.2 cm³/mol. The van der Waals surface area contributed by atoms with Crippen LogP contribution in [0.25, 0.3) is 0 Å². The van der Waals surface area contributed by atoms with Crippen molar-refractivity contribution in [3.63, 3.8) is 0 Å². The van der Waals surface area contributed by atoms with Gasteiger partial charge in [0.1, 0.15) is 0 Å². The van der Waals surface area contributed by atoms with Crippen molar-refractivity contribution in [3.05, 3.63) is 12.4 Å². The van der Waals surface area contributed by atoms with Crippen LogP contribution >= 0.6 is 0 Å². The quantitative estimate of drug-likeness (QED) is 0.812. The molecule has 4 heteroatoms. The lowest BCUT2D eigenvalue weighted by atomic mass is 10.1. The number of nitrogens with one attached hydrogen (secondary N) is 1. The van der Waals surface area contributed by atoms with Crippen molar-refractivity contribution in [1.29, 1.82) is 0 Å². The topological polar surface area (TPSA) is 39.1 Å². The van der Waals surface area contributed by atoms with Crippen molar-refractivity contribution >= 4 is 5.95 Å². The third-order valence-electron chi connectivity index (χ3n) is 2.45. The lowest BCUT2D eigenvalue weighted by molar-refractivity contribution is 0.0342. The predicted octanol–water partition coefficient (Wildman–Crippen LogP) is 2.30. The molecule has 0 saturated carbocycles. The van der Waals surface area contributed by atoms with Crippen LogP contribution in [0.3, 0.4) is 0 Å². The molecule has 0 amide bonds. The summed E-state index contributed by atoms with van der Waals surface area (Å²) in [6, 6.07) is 0.417. The standard InChI is InChI=1S/C11H21N3O/c1-9(2)14-7-6-12-10(14)13-8-11(3,4)15-5/h6-7,9H,8H2,1-5H3,(H,12,13). The third-order valence-corrected chi connectivity index (χ3v) is 2.45. The molecular weight excluding hydrogens is 190 g/mol. The van der Waals surface area contributed by atoms with Crippen molar-refractivity contribution in [2.75, 3.05) is 19.0 Å². The Hall–Kier alpha value is -1.03. The van der Waals surface area contributed by atoms with Gasteiger partial charge >= 0.3 is 0 Å². The smallest absolute Gasteiger partial charge is 0.203 e. The second-order valence-electron chi connectivity index (χ2n) is 4.57. The maximum Gasteiger partial charge on any atom is 0.203 e. The molecule has 0 atom stereocenters. The van der Waals surface area contributed by atoms with Crippen molar-refractivity contribution < 1.29 is 4.74 Å². The van der Waals surface area contributed by atoms with Gasteiger partial charge < -0.3 is 14.6 Å². The minimum Gasteiger partial charge on any atom is -0.377 e. The Morgan fingerprint density at radius 1 is 1.53 bits per heavy atom. The summed E-state index contributed by atoms with van der Waals surface area (Å²) in [7, 11) is 1.72. The lowest BCUT2D eigenvalue weighted by Gasteiger charge is -2.24. The summed E-state index contributed by atoms with van der Waals surface area (Å²) in [6.07, 6.45) is 3.79. The van der Waals surface area contributed by atoms with Gasteiger partial charge in [-0.2, -0.15) is 0 Å². The molecule has 1 aromatic rings. The van der Waals surface area contributed by atoms with Gasteiger partial charge in [0.25, 0.3) is 0 Å². The molecule has 0 aromatic carbocycles. The molecule has 0 fully saturated rings. The van der Waals surface area contributed by atoms with Crippen LogP contribution in [0.15, 0.2) is 12.4 Å². The van der Waals surface area contributed by atoms with Gasteiger partial charge in [0.05, 0.1) is 5.60 Å². The molecule has 86 valence electrons. The highest BCUT2D eigenvalue weighted by Crippen LogP contribution is 2.14. The molecular formula is C11H21N3O. The van der Waals surface area contributed by atoms with Crippen LogP contribution in [0.2, 0.25) is 0 Å². The Balaban J connectivity index is 2.61. The fourth-order valence-electron chi connectivity index (χ4n) is 1.23. The molecule has 0 aliphatic rings. The zero-order chi connectivity index (χ0) is 11.5. The first kappa shape index (κ1) is 12.0. The molecule has 0 aliphatic carbocycles. The van der Waals surface area contributed by atoms with Gasteiger partial charge in [-0.3, -0.25) is 0 Å². The van der Waals surface area contributed by atoms with Crippen LogP contribution in [0.5, 0.6) is 0 Å². The number of hydrogen-bond acceptors (Lipinski definition) is 3. The van der Waals surface area contributed by atoms with Crippen molar-refractivity contribution in [2.45, 2.75) is 39.3 Å². The number of nitrogens with zero attached hydrogens (tertiary/aromatic N) is 2. The molecule has 4 nitrogen and oxygen atoms in total. The van der Waals surface area contributed by atoms with E-state index in [-0.39, 0.29) is 5.60 Å². The van der Waals surface area contributed by atoms with Gasteiger partial charge in [-0.05, 0) is 27.7 Å². The summed E-state index contributed by atoms with van der Waals surface area (Å²) in [5, 5.41) is 3.29. The van der Waals surface area contributed by atoms with E-state index in [0.717, 1.165) is 12.5 Å². The fourth-order valence-corrected chi connectivity index (χ4v) is 1.23. The van der Waals surface area contributed by atoms with Gasteiger partial charge in [-0.15, -0.1) is 0 Å². The number of imidazole rings is 1. The van der Waals surface area contributed by atoms with E-state index in [0.29, 0.717) is 6.04 Å². The molecule has 0 spiro atoms. The normalized spacial score (nSPS) is 12.1. The van der Waals surface area contributed by atoms with Crippen molar-refractivity contribution in [3.8, 4) is 0 Å². The summed E-state index contributed by atoms with van der Waals surface area (Å²) < 4.78 is 7.44. The first-order valence-corrected chi connectivity index (χ1v) is 5.28. The number of rotatable bonds is 5. The molecule has 1 aromatic heterocycles. The van der Waals surface area contributed by atoms with Crippen molar-refractivity contribution in [1.82, 2.24) is 9.55 Å². The number of hydrogen-bond donors (Lipinski definition) is 1. The zero-order valence-electron chi connectivity index (χ0n) is 10.2. The number of aromatic nitrogens is 2. The molecule has 1 rings (SSSR count). The Kier molecular flexibility index (Phi) is 3.74. The van der Waals surface area contributed by atoms with E-state index in [1.807, 2.05) is 26.2 Å². The first-order chi connectivity index (χ1) is 6.96. The highest BCUT2D eigenvalue weighted by Gasteiger charge is 2.17. The Morgan fingerprint density at radius 2 is 2.20 bits per heavy atom. The van der Waals surface area contributed by atoms with Gasteiger partial charge in [-0.1, -0.05) is 0 Å². The second-order valence-corrected chi connectivity index (χ2v) is 4.57. The summed E-state index contributed by atoms with van der Waals surface area (Å²) in [6.45, 7) is 9.10.